The minimum absolute atomic E-state index is 0.942. The van der Waals surface area contributed by atoms with Crippen molar-refractivity contribution in [2.75, 3.05) is 26.7 Å². The van der Waals surface area contributed by atoms with Crippen molar-refractivity contribution >= 4 is 0 Å². The average molecular weight is 128 g/mol. The highest BCUT2D eigenvalue weighted by atomic mass is 14.9. The number of hydrogen-bond donors (Lipinski definition) is 2. The van der Waals surface area contributed by atoms with Crippen molar-refractivity contribution in [2.24, 2.45) is 5.92 Å². The Labute approximate surface area is 57.0 Å². The molecule has 54 valence electrons. The lowest BCUT2D eigenvalue weighted by Crippen LogP contribution is -2.15. The third kappa shape index (κ3) is 2.33. The van der Waals surface area contributed by atoms with Crippen LogP contribution in [0.1, 0.15) is 12.8 Å². The van der Waals surface area contributed by atoms with E-state index in [-0.39, 0.29) is 0 Å². The largest absolute Gasteiger partial charge is 0.320 e. The van der Waals surface area contributed by atoms with Crippen LogP contribution < -0.4 is 10.6 Å². The van der Waals surface area contributed by atoms with Crippen LogP contribution in [0.5, 0.6) is 0 Å². The maximum atomic E-state index is 3.35. The van der Waals surface area contributed by atoms with Crippen LogP contribution in [0.3, 0.4) is 0 Å². The Hall–Kier alpha value is -0.0800. The highest BCUT2D eigenvalue weighted by molar-refractivity contribution is 4.71. The molecule has 1 heterocycles. The second-order valence-corrected chi connectivity index (χ2v) is 2.75. The minimum Gasteiger partial charge on any atom is -0.320 e. The zero-order chi connectivity index (χ0) is 6.53. The molecule has 2 N–H and O–H groups in total. The van der Waals surface area contributed by atoms with E-state index < -0.39 is 0 Å². The molecule has 1 rings (SSSR count). The topological polar surface area (TPSA) is 24.1 Å². The summed E-state index contributed by atoms with van der Waals surface area (Å²) in [6.07, 6.45) is 2.71. The molecular weight excluding hydrogens is 112 g/mol. The summed E-state index contributed by atoms with van der Waals surface area (Å²) in [4.78, 5) is 0. The molecule has 0 aromatic heterocycles. The molecule has 0 amide bonds. The first-order valence-electron chi connectivity index (χ1n) is 3.79. The van der Waals surface area contributed by atoms with Crippen LogP contribution in [0.25, 0.3) is 0 Å². The van der Waals surface area contributed by atoms with Crippen LogP contribution >= 0.6 is 0 Å². The summed E-state index contributed by atoms with van der Waals surface area (Å²) in [6, 6.07) is 0. The first-order chi connectivity index (χ1) is 4.43. The maximum absolute atomic E-state index is 3.35. The van der Waals surface area contributed by atoms with Gasteiger partial charge in [0, 0.05) is 0 Å². The molecule has 1 saturated heterocycles. The summed E-state index contributed by atoms with van der Waals surface area (Å²) in [5.41, 5.74) is 0. The van der Waals surface area contributed by atoms with Gasteiger partial charge in [0.25, 0.3) is 0 Å². The molecule has 0 radical (unpaired) electrons. The van der Waals surface area contributed by atoms with Gasteiger partial charge in [-0.05, 0) is 45.4 Å². The van der Waals surface area contributed by atoms with Crippen LogP contribution in [0.2, 0.25) is 0 Å². The molecule has 0 bridgehead atoms. The molecule has 1 fully saturated rings. The molecule has 0 aromatic rings. The third-order valence-corrected chi connectivity index (χ3v) is 1.96. The lowest BCUT2D eigenvalue weighted by molar-refractivity contribution is 0.517. The van der Waals surface area contributed by atoms with E-state index in [4.69, 9.17) is 0 Å². The van der Waals surface area contributed by atoms with Crippen LogP contribution in [-0.4, -0.2) is 26.7 Å². The van der Waals surface area contributed by atoms with Crippen molar-refractivity contribution in [1.82, 2.24) is 10.6 Å². The summed E-state index contributed by atoms with van der Waals surface area (Å²) in [7, 11) is 2.02. The molecule has 9 heavy (non-hydrogen) atoms. The first kappa shape index (κ1) is 7.03. The average Bonchev–Trinajstić information content (AvgIpc) is 2.34. The Balaban J connectivity index is 1.98. The van der Waals surface area contributed by atoms with Crippen molar-refractivity contribution in [3.05, 3.63) is 0 Å². The molecule has 0 saturated carbocycles. The van der Waals surface area contributed by atoms with Gasteiger partial charge in [-0.2, -0.15) is 0 Å². The predicted octanol–water partition coefficient (Wildman–Crippen LogP) is 0.205. The van der Waals surface area contributed by atoms with Crippen molar-refractivity contribution in [3.8, 4) is 0 Å². The van der Waals surface area contributed by atoms with E-state index in [1.807, 2.05) is 7.05 Å². The van der Waals surface area contributed by atoms with E-state index in [2.05, 4.69) is 10.6 Å². The summed E-state index contributed by atoms with van der Waals surface area (Å²) in [6.45, 7) is 3.64. The second-order valence-electron chi connectivity index (χ2n) is 2.75. The smallest absolute Gasteiger partial charge is 0.00196 e. The maximum Gasteiger partial charge on any atom is -0.00196 e. The Morgan fingerprint density at radius 3 is 3.11 bits per heavy atom. The standard InChI is InChI=1S/C7H16N2/c1-8-4-2-7-3-5-9-6-7/h7-9H,2-6H2,1H3/t7-/m0/s1. The molecule has 0 aromatic carbocycles. The van der Waals surface area contributed by atoms with Gasteiger partial charge < -0.3 is 10.6 Å². The van der Waals surface area contributed by atoms with Crippen LogP contribution in [0.15, 0.2) is 0 Å². The lowest BCUT2D eigenvalue weighted by Gasteiger charge is -2.05. The Morgan fingerprint density at radius 1 is 1.67 bits per heavy atom. The number of nitrogens with one attached hydrogen (secondary N) is 2. The van der Waals surface area contributed by atoms with E-state index in [9.17, 15) is 0 Å². The molecular formula is C7H16N2. The van der Waals surface area contributed by atoms with Gasteiger partial charge in [-0.1, -0.05) is 0 Å². The van der Waals surface area contributed by atoms with Gasteiger partial charge in [0.1, 0.15) is 0 Å². The zero-order valence-corrected chi connectivity index (χ0v) is 6.11. The van der Waals surface area contributed by atoms with Gasteiger partial charge in [-0.15, -0.1) is 0 Å². The molecule has 0 spiro atoms. The van der Waals surface area contributed by atoms with Gasteiger partial charge in [-0.25, -0.2) is 0 Å². The fraction of sp³-hybridized carbons (Fsp3) is 1.00. The summed E-state index contributed by atoms with van der Waals surface area (Å²) >= 11 is 0. The quantitative estimate of drug-likeness (QED) is 0.567. The Bertz CT molecular complexity index is 67.3. The van der Waals surface area contributed by atoms with E-state index in [1.165, 1.54) is 32.5 Å². The lowest BCUT2D eigenvalue weighted by atomic mass is 10.1. The highest BCUT2D eigenvalue weighted by Gasteiger charge is 2.12. The molecule has 0 aliphatic carbocycles. The van der Waals surface area contributed by atoms with Gasteiger partial charge in [0.2, 0.25) is 0 Å². The Kier molecular flexibility index (Phi) is 3.01. The highest BCUT2D eigenvalue weighted by Crippen LogP contribution is 2.10. The molecule has 0 unspecified atom stereocenters. The first-order valence-corrected chi connectivity index (χ1v) is 3.79. The SMILES string of the molecule is CNCC[C@H]1CCNC1. The number of rotatable bonds is 3. The number of hydrogen-bond acceptors (Lipinski definition) is 2. The normalized spacial score (nSPS) is 27.0. The van der Waals surface area contributed by atoms with Crippen molar-refractivity contribution in [2.45, 2.75) is 12.8 Å². The van der Waals surface area contributed by atoms with Gasteiger partial charge in [0.15, 0.2) is 0 Å². The monoisotopic (exact) mass is 128 g/mol. The van der Waals surface area contributed by atoms with Gasteiger partial charge in [0.05, 0.1) is 0 Å². The molecule has 2 nitrogen and oxygen atoms in total. The van der Waals surface area contributed by atoms with Crippen LogP contribution in [0, 0.1) is 5.92 Å². The van der Waals surface area contributed by atoms with Crippen molar-refractivity contribution in [1.29, 1.82) is 0 Å². The van der Waals surface area contributed by atoms with Crippen molar-refractivity contribution < 1.29 is 0 Å². The molecule has 1 aliphatic heterocycles. The molecule has 1 aliphatic rings. The molecule has 2 heteroatoms. The fourth-order valence-electron chi connectivity index (χ4n) is 1.31. The molecule has 1 atom stereocenters. The second kappa shape index (κ2) is 3.85. The zero-order valence-electron chi connectivity index (χ0n) is 6.11. The van der Waals surface area contributed by atoms with E-state index in [0.717, 1.165) is 5.92 Å². The predicted molar refractivity (Wildman–Crippen MR) is 39.5 cm³/mol. The van der Waals surface area contributed by atoms with Crippen molar-refractivity contribution in [3.63, 3.8) is 0 Å². The van der Waals surface area contributed by atoms with E-state index in [1.54, 1.807) is 0 Å². The summed E-state index contributed by atoms with van der Waals surface area (Å²) in [5.74, 6) is 0.942. The summed E-state index contributed by atoms with van der Waals surface area (Å²) in [5, 5.41) is 6.52. The summed E-state index contributed by atoms with van der Waals surface area (Å²) < 4.78 is 0. The Morgan fingerprint density at radius 2 is 2.56 bits per heavy atom. The third-order valence-electron chi connectivity index (χ3n) is 1.96. The van der Waals surface area contributed by atoms with Crippen LogP contribution in [-0.2, 0) is 0 Å². The minimum atomic E-state index is 0.942. The van der Waals surface area contributed by atoms with Gasteiger partial charge >= 0.3 is 0 Å². The fourth-order valence-corrected chi connectivity index (χ4v) is 1.31. The van der Waals surface area contributed by atoms with Gasteiger partial charge in [-0.3, -0.25) is 0 Å². The van der Waals surface area contributed by atoms with E-state index >= 15 is 0 Å². The van der Waals surface area contributed by atoms with Crippen LogP contribution in [0.4, 0.5) is 0 Å². The van der Waals surface area contributed by atoms with E-state index in [0.29, 0.717) is 0 Å².